The Morgan fingerprint density at radius 1 is 1.50 bits per heavy atom. The smallest absolute Gasteiger partial charge is 0 e. The third-order valence-electron chi connectivity index (χ3n) is 0. The van der Waals surface area contributed by atoms with Gasteiger partial charge in [0.15, 0.2) is 0 Å². The number of hydrogen-bond donors (Lipinski definition) is 1. The molecule has 0 amide bonds. The van der Waals surface area contributed by atoms with E-state index in [1.165, 1.54) is 7.05 Å². The van der Waals surface area contributed by atoms with Gasteiger partial charge in [0.1, 0.15) is 0 Å². The Bertz CT molecular complexity index is 15.0. The van der Waals surface area contributed by atoms with Crippen LogP contribution in [-0.2, 0) is 21.1 Å². The predicted molar refractivity (Wildman–Crippen MR) is 26.0 cm³/mol. The first-order valence-electron chi connectivity index (χ1n) is 1.56. The maximum Gasteiger partial charge on any atom is 0 e. The van der Waals surface area contributed by atoms with Crippen LogP contribution < -0.4 is 5.73 Å². The van der Waals surface area contributed by atoms with Crippen molar-refractivity contribution in [2.24, 2.45) is 5.73 Å². The van der Waals surface area contributed by atoms with Gasteiger partial charge < -0.3 is 5.73 Å². The second-order valence-electron chi connectivity index (χ2n) is 0.408. The summed E-state index contributed by atoms with van der Waals surface area (Å²) in [5, 5.41) is 0. The maximum absolute atomic E-state index is 4.50. The minimum atomic E-state index is 0. The molecule has 6 heavy (non-hydrogen) atoms. The van der Waals surface area contributed by atoms with E-state index in [4.69, 9.17) is 0 Å². The van der Waals surface area contributed by atoms with E-state index < -0.39 is 0 Å². The SMILES string of the molecule is C=CC.CN.[W]. The van der Waals surface area contributed by atoms with Gasteiger partial charge in [-0.2, -0.15) is 0 Å². The van der Waals surface area contributed by atoms with Gasteiger partial charge in [-0.15, -0.1) is 6.58 Å². The van der Waals surface area contributed by atoms with E-state index in [9.17, 15) is 0 Å². The first-order chi connectivity index (χ1) is 2.41. The maximum atomic E-state index is 4.50. The van der Waals surface area contributed by atoms with Gasteiger partial charge in [-0.3, -0.25) is 0 Å². The van der Waals surface area contributed by atoms with E-state index in [1.807, 2.05) is 6.92 Å². The molecule has 0 aliphatic heterocycles. The summed E-state index contributed by atoms with van der Waals surface area (Å²) in [4.78, 5) is 0. The third kappa shape index (κ3) is 334. The van der Waals surface area contributed by atoms with Crippen LogP contribution in [0.5, 0.6) is 0 Å². The molecular weight excluding hydrogens is 246 g/mol. The van der Waals surface area contributed by atoms with Crippen LogP contribution >= 0.6 is 0 Å². The van der Waals surface area contributed by atoms with E-state index >= 15 is 0 Å². The normalized spacial score (nSPS) is 3.17. The van der Waals surface area contributed by atoms with Crippen molar-refractivity contribution in [2.75, 3.05) is 7.05 Å². The van der Waals surface area contributed by atoms with Crippen molar-refractivity contribution >= 4 is 0 Å². The zero-order valence-electron chi connectivity index (χ0n) is 4.27. The van der Waals surface area contributed by atoms with Gasteiger partial charge in [-0.1, -0.05) is 6.08 Å². The van der Waals surface area contributed by atoms with E-state index in [-0.39, 0.29) is 21.1 Å². The van der Waals surface area contributed by atoms with Gasteiger partial charge in [-0.25, -0.2) is 0 Å². The number of nitrogens with two attached hydrogens (primary N) is 1. The quantitative estimate of drug-likeness (QED) is 0.637. The van der Waals surface area contributed by atoms with E-state index in [2.05, 4.69) is 12.3 Å². The standard InChI is InChI=1S/C3H6.CH5N.W/c1-3-2;1-2;/h3H,1H2,2H3;2H2,1H3;. The number of rotatable bonds is 0. The van der Waals surface area contributed by atoms with Crippen molar-refractivity contribution in [3.63, 3.8) is 0 Å². The van der Waals surface area contributed by atoms with Gasteiger partial charge in [0, 0.05) is 21.1 Å². The molecule has 0 unspecified atom stereocenters. The average Bonchev–Trinajstić information content (AvgIpc) is 1.46. The Labute approximate surface area is 53.9 Å². The molecule has 38 valence electrons. The Morgan fingerprint density at radius 2 is 1.50 bits per heavy atom. The monoisotopic (exact) mass is 257 g/mol. The molecule has 0 bridgehead atoms. The minimum Gasteiger partial charge on any atom is -0.333 e. The van der Waals surface area contributed by atoms with Crippen LogP contribution in [0.3, 0.4) is 0 Å². The van der Waals surface area contributed by atoms with Crippen LogP contribution in [0.15, 0.2) is 12.7 Å². The molecule has 2 N–H and O–H groups in total. The summed E-state index contributed by atoms with van der Waals surface area (Å²) in [6.45, 7) is 5.25. The topological polar surface area (TPSA) is 26.0 Å². The molecule has 0 aliphatic rings. The Balaban J connectivity index is -0.0000000275. The molecule has 0 atom stereocenters. The molecule has 0 aromatic heterocycles. The third-order valence-corrected chi connectivity index (χ3v) is 0. The van der Waals surface area contributed by atoms with Crippen LogP contribution in [0, 0.1) is 0 Å². The van der Waals surface area contributed by atoms with Crippen LogP contribution in [0.1, 0.15) is 6.92 Å². The summed E-state index contributed by atoms with van der Waals surface area (Å²) < 4.78 is 0. The van der Waals surface area contributed by atoms with Crippen molar-refractivity contribution < 1.29 is 21.1 Å². The zero-order valence-corrected chi connectivity index (χ0v) is 7.20. The van der Waals surface area contributed by atoms with Crippen molar-refractivity contribution in [1.29, 1.82) is 0 Å². The number of allylic oxidation sites excluding steroid dienone is 1. The zero-order chi connectivity index (χ0) is 4.71. The van der Waals surface area contributed by atoms with Crippen LogP contribution in [0.4, 0.5) is 0 Å². The summed E-state index contributed by atoms with van der Waals surface area (Å²) >= 11 is 0. The summed E-state index contributed by atoms with van der Waals surface area (Å²) in [6.07, 6.45) is 1.75. The molecule has 0 rings (SSSR count). The Kier molecular flexibility index (Phi) is 145. The van der Waals surface area contributed by atoms with Crippen LogP contribution in [0.25, 0.3) is 0 Å². The summed E-state index contributed by atoms with van der Waals surface area (Å²) in [6, 6.07) is 0. The fourth-order valence-corrected chi connectivity index (χ4v) is 0. The molecular formula is C4H11NW. The molecule has 0 spiro atoms. The first-order valence-corrected chi connectivity index (χ1v) is 1.56. The van der Waals surface area contributed by atoms with Gasteiger partial charge in [0.25, 0.3) is 0 Å². The van der Waals surface area contributed by atoms with E-state index in [0.29, 0.717) is 0 Å². The molecule has 0 aliphatic carbocycles. The predicted octanol–water partition coefficient (Wildman–Crippen LogP) is 0.765. The average molecular weight is 257 g/mol. The molecule has 0 radical (unpaired) electrons. The van der Waals surface area contributed by atoms with Crippen molar-refractivity contribution in [3.05, 3.63) is 12.7 Å². The van der Waals surface area contributed by atoms with Gasteiger partial charge in [0.05, 0.1) is 0 Å². The molecule has 0 saturated heterocycles. The molecule has 0 heterocycles. The van der Waals surface area contributed by atoms with Gasteiger partial charge in [0.2, 0.25) is 0 Å². The first kappa shape index (κ1) is 16.2. The van der Waals surface area contributed by atoms with E-state index in [0.717, 1.165) is 0 Å². The van der Waals surface area contributed by atoms with Crippen molar-refractivity contribution in [2.45, 2.75) is 6.92 Å². The summed E-state index contributed by atoms with van der Waals surface area (Å²) in [5.74, 6) is 0. The van der Waals surface area contributed by atoms with Crippen LogP contribution in [0.2, 0.25) is 0 Å². The van der Waals surface area contributed by atoms with Crippen molar-refractivity contribution in [1.82, 2.24) is 0 Å². The second-order valence-corrected chi connectivity index (χ2v) is 0.408. The fourth-order valence-electron chi connectivity index (χ4n) is 0. The molecule has 2 heteroatoms. The summed E-state index contributed by atoms with van der Waals surface area (Å²) in [7, 11) is 1.50. The molecule has 0 saturated carbocycles. The number of hydrogen-bond acceptors (Lipinski definition) is 1. The fraction of sp³-hybridized carbons (Fsp3) is 0.500. The van der Waals surface area contributed by atoms with Crippen molar-refractivity contribution in [3.8, 4) is 0 Å². The largest absolute Gasteiger partial charge is 0.333 e. The van der Waals surface area contributed by atoms with E-state index in [1.54, 1.807) is 6.08 Å². The Morgan fingerprint density at radius 3 is 1.50 bits per heavy atom. The molecule has 0 aromatic carbocycles. The Hall–Kier alpha value is 0.388. The molecule has 0 fully saturated rings. The van der Waals surface area contributed by atoms with Gasteiger partial charge in [-0.05, 0) is 14.0 Å². The molecule has 0 aromatic rings. The molecule has 1 nitrogen and oxygen atoms in total. The van der Waals surface area contributed by atoms with Crippen LogP contribution in [-0.4, -0.2) is 7.05 Å². The van der Waals surface area contributed by atoms with Gasteiger partial charge >= 0.3 is 0 Å². The second kappa shape index (κ2) is 53.8. The summed E-state index contributed by atoms with van der Waals surface area (Å²) in [5.41, 5.74) is 4.50. The minimum absolute atomic E-state index is 0.